The summed E-state index contributed by atoms with van der Waals surface area (Å²) in [5.74, 6) is 0. The Morgan fingerprint density at radius 2 is 2.04 bits per heavy atom. The third kappa shape index (κ3) is 5.56. The molecule has 4 heteroatoms. The zero-order valence-corrected chi connectivity index (χ0v) is 15.3. The van der Waals surface area contributed by atoms with Crippen molar-refractivity contribution in [2.24, 2.45) is 5.73 Å². The molecule has 4 nitrogen and oxygen atoms in total. The molecule has 1 rings (SSSR count). The molecule has 0 bridgehead atoms. The first-order valence-electron chi connectivity index (χ1n) is 8.22. The van der Waals surface area contributed by atoms with E-state index >= 15 is 0 Å². The van der Waals surface area contributed by atoms with Gasteiger partial charge in [0.05, 0.1) is 17.2 Å². The van der Waals surface area contributed by atoms with E-state index in [9.17, 15) is 5.11 Å². The number of aliphatic hydroxyl groups is 1. The zero-order chi connectivity index (χ0) is 17.7. The third-order valence-corrected chi connectivity index (χ3v) is 4.13. The summed E-state index contributed by atoms with van der Waals surface area (Å²) in [4.78, 5) is 0. The van der Waals surface area contributed by atoms with Crippen molar-refractivity contribution in [1.82, 2.24) is 5.32 Å². The molecule has 4 N–H and O–H groups in total. The summed E-state index contributed by atoms with van der Waals surface area (Å²) in [6.07, 6.45) is 11.9. The van der Waals surface area contributed by atoms with Gasteiger partial charge in [0, 0.05) is 12.8 Å². The van der Waals surface area contributed by atoms with Gasteiger partial charge in [0.15, 0.2) is 0 Å². The number of rotatable bonds is 7. The molecule has 0 aromatic carbocycles. The minimum Gasteiger partial charge on any atom is -0.400 e. The number of unbranched alkanes of at least 4 members (excludes halogenated alkanes) is 1. The van der Waals surface area contributed by atoms with Crippen LogP contribution in [0.4, 0.5) is 0 Å². The molecule has 1 unspecified atom stereocenters. The Labute approximate surface area is 140 Å². The van der Waals surface area contributed by atoms with E-state index in [-0.39, 0.29) is 6.04 Å². The van der Waals surface area contributed by atoms with Crippen LogP contribution in [0, 0.1) is 0 Å². The van der Waals surface area contributed by atoms with Crippen LogP contribution in [0.5, 0.6) is 0 Å². The maximum atomic E-state index is 10.2. The maximum Gasteiger partial charge on any atom is 0.0869 e. The molecular weight excluding hydrogens is 288 g/mol. The predicted octanol–water partition coefficient (Wildman–Crippen LogP) is 3.16. The van der Waals surface area contributed by atoms with Crippen molar-refractivity contribution >= 4 is 0 Å². The number of nitrogens with two attached hydrogens (primary N) is 1. The monoisotopic (exact) mass is 320 g/mol. The lowest BCUT2D eigenvalue weighted by Gasteiger charge is -2.28. The molecule has 1 aliphatic heterocycles. The molecule has 1 heterocycles. The van der Waals surface area contributed by atoms with Crippen molar-refractivity contribution in [3.05, 3.63) is 47.3 Å². The molecule has 0 amide bonds. The zero-order valence-electron chi connectivity index (χ0n) is 15.3. The summed E-state index contributed by atoms with van der Waals surface area (Å²) in [6.45, 7) is 9.75. The Morgan fingerprint density at radius 1 is 1.39 bits per heavy atom. The third-order valence-electron chi connectivity index (χ3n) is 4.13. The fourth-order valence-corrected chi connectivity index (χ4v) is 2.29. The van der Waals surface area contributed by atoms with Crippen LogP contribution < -0.4 is 11.1 Å². The number of hydrogen-bond acceptors (Lipinski definition) is 4. The van der Waals surface area contributed by atoms with Gasteiger partial charge in [0.1, 0.15) is 0 Å². The summed E-state index contributed by atoms with van der Waals surface area (Å²) in [5.41, 5.74) is 7.65. The quantitative estimate of drug-likeness (QED) is 0.630. The summed E-state index contributed by atoms with van der Waals surface area (Å²) >= 11 is 0. The number of allylic oxidation sites excluding steroid dienone is 1. The van der Waals surface area contributed by atoms with E-state index in [0.29, 0.717) is 5.70 Å². The van der Waals surface area contributed by atoms with Crippen molar-refractivity contribution in [2.45, 2.75) is 64.7 Å². The first kappa shape index (κ1) is 19.5. The standard InChI is InChI=1S/C19H32N2O2/c1-7-8-9-15(19(4,5)23-6)12-16(20)17-13-14(10-11-21-17)18(2,3)22/h9-13,17,21-22H,7-8,20H2,1-6H3/b15-9+,16-12-. The van der Waals surface area contributed by atoms with Crippen molar-refractivity contribution < 1.29 is 9.84 Å². The van der Waals surface area contributed by atoms with E-state index < -0.39 is 11.2 Å². The van der Waals surface area contributed by atoms with Crippen LogP contribution >= 0.6 is 0 Å². The summed E-state index contributed by atoms with van der Waals surface area (Å²) in [6, 6.07) is -0.140. The Balaban J connectivity index is 3.09. The molecule has 0 saturated carbocycles. The van der Waals surface area contributed by atoms with Gasteiger partial charge in [-0.3, -0.25) is 0 Å². The highest BCUT2D eigenvalue weighted by Crippen LogP contribution is 2.25. The van der Waals surface area contributed by atoms with Gasteiger partial charge in [0.25, 0.3) is 0 Å². The Kier molecular flexibility index (Phi) is 6.66. The lowest BCUT2D eigenvalue weighted by Crippen LogP contribution is -2.35. The topological polar surface area (TPSA) is 67.5 Å². The second kappa shape index (κ2) is 7.84. The molecule has 23 heavy (non-hydrogen) atoms. The molecule has 0 saturated heterocycles. The fraction of sp³-hybridized carbons (Fsp3) is 0.579. The molecule has 0 aliphatic carbocycles. The number of dihydropyridines is 1. The highest BCUT2D eigenvalue weighted by Gasteiger charge is 2.24. The molecule has 130 valence electrons. The van der Waals surface area contributed by atoms with Crippen molar-refractivity contribution in [3.8, 4) is 0 Å². The Morgan fingerprint density at radius 3 is 2.57 bits per heavy atom. The molecule has 0 spiro atoms. The molecule has 1 aliphatic rings. The normalized spacial score (nSPS) is 20.3. The second-order valence-electron chi connectivity index (χ2n) is 6.97. The van der Waals surface area contributed by atoms with Gasteiger partial charge < -0.3 is 20.9 Å². The van der Waals surface area contributed by atoms with Gasteiger partial charge in [0.2, 0.25) is 0 Å². The number of hydrogen-bond donors (Lipinski definition) is 3. The Hall–Kier alpha value is -1.52. The minimum absolute atomic E-state index is 0.140. The van der Waals surface area contributed by atoms with Crippen molar-refractivity contribution in [3.63, 3.8) is 0 Å². The number of methoxy groups -OCH3 is 1. The summed E-state index contributed by atoms with van der Waals surface area (Å²) in [7, 11) is 1.71. The maximum absolute atomic E-state index is 10.2. The van der Waals surface area contributed by atoms with Gasteiger partial charge in [-0.05, 0) is 63.6 Å². The SMILES string of the molecule is CCC/C=C(\C=C(/N)C1C=C(C(C)(C)O)C=CN1)C(C)(C)OC. The van der Waals surface area contributed by atoms with Crippen LogP contribution in [0.15, 0.2) is 47.3 Å². The van der Waals surface area contributed by atoms with Crippen molar-refractivity contribution in [2.75, 3.05) is 7.11 Å². The molecule has 0 aromatic rings. The minimum atomic E-state index is -0.885. The van der Waals surface area contributed by atoms with Gasteiger partial charge in [-0.1, -0.05) is 25.5 Å². The highest BCUT2D eigenvalue weighted by atomic mass is 16.5. The van der Waals surface area contributed by atoms with E-state index in [2.05, 4.69) is 18.3 Å². The smallest absolute Gasteiger partial charge is 0.0869 e. The number of ether oxygens (including phenoxy) is 1. The van der Waals surface area contributed by atoms with Crippen LogP contribution in [0.25, 0.3) is 0 Å². The molecule has 1 atom stereocenters. The van der Waals surface area contributed by atoms with Crippen LogP contribution in [-0.4, -0.2) is 29.5 Å². The first-order valence-corrected chi connectivity index (χ1v) is 8.22. The average molecular weight is 320 g/mol. The van der Waals surface area contributed by atoms with Crippen LogP contribution in [0.2, 0.25) is 0 Å². The second-order valence-corrected chi connectivity index (χ2v) is 6.97. The fourth-order valence-electron chi connectivity index (χ4n) is 2.29. The predicted molar refractivity (Wildman–Crippen MR) is 96.8 cm³/mol. The molecular formula is C19H32N2O2. The number of nitrogens with one attached hydrogen (secondary N) is 1. The van der Waals surface area contributed by atoms with Crippen molar-refractivity contribution in [1.29, 1.82) is 0 Å². The van der Waals surface area contributed by atoms with Gasteiger partial charge in [-0.2, -0.15) is 0 Å². The van der Waals surface area contributed by atoms with Crippen LogP contribution in [-0.2, 0) is 4.74 Å². The van der Waals surface area contributed by atoms with Gasteiger partial charge in [-0.15, -0.1) is 0 Å². The molecule has 0 radical (unpaired) electrons. The van der Waals surface area contributed by atoms with E-state index in [4.69, 9.17) is 10.5 Å². The van der Waals surface area contributed by atoms with Gasteiger partial charge in [-0.25, -0.2) is 0 Å². The lowest BCUT2D eigenvalue weighted by molar-refractivity contribution is 0.0577. The van der Waals surface area contributed by atoms with E-state index in [1.54, 1.807) is 21.0 Å². The van der Waals surface area contributed by atoms with E-state index in [1.165, 1.54) is 0 Å². The van der Waals surface area contributed by atoms with Crippen LogP contribution in [0.3, 0.4) is 0 Å². The average Bonchev–Trinajstić information content (AvgIpc) is 2.50. The summed E-state index contributed by atoms with van der Waals surface area (Å²) < 4.78 is 5.60. The largest absolute Gasteiger partial charge is 0.400 e. The summed E-state index contributed by atoms with van der Waals surface area (Å²) in [5, 5.41) is 13.4. The first-order chi connectivity index (χ1) is 10.6. The molecule has 0 fully saturated rings. The molecule has 0 aromatic heterocycles. The van der Waals surface area contributed by atoms with E-state index in [0.717, 1.165) is 24.0 Å². The lowest BCUT2D eigenvalue weighted by atomic mass is 9.91. The van der Waals surface area contributed by atoms with E-state index in [1.807, 2.05) is 38.3 Å². The van der Waals surface area contributed by atoms with Crippen LogP contribution in [0.1, 0.15) is 47.5 Å². The Bertz CT molecular complexity index is 520. The van der Waals surface area contributed by atoms with Gasteiger partial charge >= 0.3 is 0 Å². The highest BCUT2D eigenvalue weighted by molar-refractivity contribution is 5.39.